The molecule has 0 aromatic rings. The SMILES string of the molecule is CCC1(Cl)C=CC=CC1C(=O)Cl. The average Bonchev–Trinajstić information content (AvgIpc) is 2.05. The van der Waals surface area contributed by atoms with E-state index in [4.69, 9.17) is 23.2 Å². The maximum Gasteiger partial charge on any atom is 0.230 e. The zero-order chi connectivity index (χ0) is 9.19. The largest absolute Gasteiger partial charge is 0.281 e. The first-order chi connectivity index (χ1) is 5.60. The molecule has 0 saturated heterocycles. The molecule has 0 aliphatic heterocycles. The molecule has 0 radical (unpaired) electrons. The first kappa shape index (κ1) is 9.82. The molecule has 0 N–H and O–H groups in total. The van der Waals surface area contributed by atoms with E-state index in [2.05, 4.69) is 0 Å². The summed E-state index contributed by atoms with van der Waals surface area (Å²) in [5.74, 6) is -0.393. The Balaban J connectivity index is 2.92. The fraction of sp³-hybridized carbons (Fsp3) is 0.444. The van der Waals surface area contributed by atoms with E-state index in [9.17, 15) is 4.79 Å². The van der Waals surface area contributed by atoms with Gasteiger partial charge in [-0.25, -0.2) is 0 Å². The van der Waals surface area contributed by atoms with Crippen LogP contribution in [-0.2, 0) is 4.79 Å². The van der Waals surface area contributed by atoms with Crippen molar-refractivity contribution >= 4 is 28.4 Å². The fourth-order valence-electron chi connectivity index (χ4n) is 1.26. The number of allylic oxidation sites excluding steroid dienone is 4. The number of hydrogen-bond acceptors (Lipinski definition) is 1. The highest BCUT2D eigenvalue weighted by atomic mass is 35.5. The van der Waals surface area contributed by atoms with Gasteiger partial charge in [-0.3, -0.25) is 4.79 Å². The summed E-state index contributed by atoms with van der Waals surface area (Å²) >= 11 is 11.6. The van der Waals surface area contributed by atoms with E-state index in [0.717, 1.165) is 0 Å². The van der Waals surface area contributed by atoms with Crippen LogP contribution < -0.4 is 0 Å². The Morgan fingerprint density at radius 2 is 2.25 bits per heavy atom. The Morgan fingerprint density at radius 1 is 1.58 bits per heavy atom. The van der Waals surface area contributed by atoms with Crippen molar-refractivity contribution in [1.29, 1.82) is 0 Å². The third kappa shape index (κ3) is 1.73. The summed E-state index contributed by atoms with van der Waals surface area (Å²) in [6, 6.07) is 0. The molecule has 0 heterocycles. The maximum atomic E-state index is 11.0. The Morgan fingerprint density at radius 3 is 2.67 bits per heavy atom. The number of carbonyl (C=O) groups is 1. The van der Waals surface area contributed by atoms with Crippen molar-refractivity contribution in [2.24, 2.45) is 5.92 Å². The lowest BCUT2D eigenvalue weighted by Crippen LogP contribution is -2.33. The lowest BCUT2D eigenvalue weighted by Gasteiger charge is -2.28. The van der Waals surface area contributed by atoms with Crippen molar-refractivity contribution in [2.45, 2.75) is 18.2 Å². The topological polar surface area (TPSA) is 17.1 Å². The molecule has 1 aliphatic carbocycles. The van der Waals surface area contributed by atoms with Crippen LogP contribution in [0.4, 0.5) is 0 Å². The van der Waals surface area contributed by atoms with Crippen LogP contribution in [0, 0.1) is 5.92 Å². The van der Waals surface area contributed by atoms with E-state index >= 15 is 0 Å². The molecule has 1 rings (SSSR count). The van der Waals surface area contributed by atoms with Gasteiger partial charge in [-0.2, -0.15) is 0 Å². The van der Waals surface area contributed by atoms with Gasteiger partial charge in [0.2, 0.25) is 5.24 Å². The van der Waals surface area contributed by atoms with Gasteiger partial charge in [0, 0.05) is 0 Å². The second-order valence-corrected chi connectivity index (χ2v) is 3.88. The minimum atomic E-state index is -0.617. The zero-order valence-electron chi connectivity index (χ0n) is 6.76. The fourth-order valence-corrected chi connectivity index (χ4v) is 1.82. The lowest BCUT2D eigenvalue weighted by atomic mass is 9.86. The molecule has 0 aromatic carbocycles. The zero-order valence-corrected chi connectivity index (χ0v) is 8.27. The monoisotopic (exact) mass is 204 g/mol. The predicted octanol–water partition coefficient (Wildman–Crippen LogP) is 2.88. The molecule has 2 atom stereocenters. The quantitative estimate of drug-likeness (QED) is 0.500. The number of alkyl halides is 1. The van der Waals surface area contributed by atoms with Crippen molar-refractivity contribution in [3.05, 3.63) is 24.3 Å². The molecular formula is C9H10Cl2O. The van der Waals surface area contributed by atoms with E-state index in [1.165, 1.54) is 0 Å². The Bertz CT molecular complexity index is 245. The molecular weight excluding hydrogens is 195 g/mol. The molecule has 1 nitrogen and oxygen atoms in total. The van der Waals surface area contributed by atoms with Crippen molar-refractivity contribution in [1.82, 2.24) is 0 Å². The number of carbonyl (C=O) groups excluding carboxylic acids is 1. The highest BCUT2D eigenvalue weighted by molar-refractivity contribution is 6.64. The molecule has 2 unspecified atom stereocenters. The number of halogens is 2. The molecule has 0 bridgehead atoms. The van der Waals surface area contributed by atoms with Crippen molar-refractivity contribution in [3.8, 4) is 0 Å². The van der Waals surface area contributed by atoms with Crippen LogP contribution >= 0.6 is 23.2 Å². The first-order valence-corrected chi connectivity index (χ1v) is 4.60. The summed E-state index contributed by atoms with van der Waals surface area (Å²) in [6.45, 7) is 1.93. The molecule has 0 fully saturated rings. The highest BCUT2D eigenvalue weighted by Crippen LogP contribution is 2.35. The molecule has 3 heteroatoms. The van der Waals surface area contributed by atoms with Gasteiger partial charge in [0.25, 0.3) is 0 Å². The standard InChI is InChI=1S/C9H10Cl2O/c1-2-9(11)6-4-3-5-7(9)8(10)12/h3-7H,2H2,1H3. The summed E-state index contributed by atoms with van der Waals surface area (Å²) in [4.78, 5) is 10.4. The van der Waals surface area contributed by atoms with E-state index in [1.807, 2.05) is 19.1 Å². The van der Waals surface area contributed by atoms with Gasteiger partial charge in [-0.05, 0) is 18.0 Å². The van der Waals surface area contributed by atoms with Gasteiger partial charge < -0.3 is 0 Å². The molecule has 0 spiro atoms. The number of hydrogen-bond donors (Lipinski definition) is 0. The van der Waals surface area contributed by atoms with Gasteiger partial charge >= 0.3 is 0 Å². The van der Waals surface area contributed by atoms with Crippen LogP contribution in [-0.4, -0.2) is 10.1 Å². The second-order valence-electron chi connectivity index (χ2n) is 2.81. The van der Waals surface area contributed by atoms with E-state index in [0.29, 0.717) is 6.42 Å². The van der Waals surface area contributed by atoms with Gasteiger partial charge in [-0.15, -0.1) is 11.6 Å². The van der Waals surface area contributed by atoms with Crippen molar-refractivity contribution < 1.29 is 4.79 Å². The van der Waals surface area contributed by atoms with Crippen LogP contribution in [0.1, 0.15) is 13.3 Å². The Kier molecular flexibility index (Phi) is 2.97. The van der Waals surface area contributed by atoms with Crippen LogP contribution in [0.5, 0.6) is 0 Å². The molecule has 1 aliphatic rings. The summed E-state index contributed by atoms with van der Waals surface area (Å²) in [5, 5.41) is -0.396. The van der Waals surface area contributed by atoms with Crippen LogP contribution in [0.2, 0.25) is 0 Å². The summed E-state index contributed by atoms with van der Waals surface area (Å²) in [7, 11) is 0. The third-order valence-corrected chi connectivity index (χ3v) is 2.95. The molecule has 0 amide bonds. The summed E-state index contributed by atoms with van der Waals surface area (Å²) < 4.78 is 0. The van der Waals surface area contributed by atoms with Gasteiger partial charge in [0.15, 0.2) is 0 Å². The van der Waals surface area contributed by atoms with E-state index in [-0.39, 0.29) is 0 Å². The van der Waals surface area contributed by atoms with Gasteiger partial charge in [0.1, 0.15) is 0 Å². The van der Waals surface area contributed by atoms with E-state index < -0.39 is 16.0 Å². The van der Waals surface area contributed by atoms with Gasteiger partial charge in [0.05, 0.1) is 10.8 Å². The lowest BCUT2D eigenvalue weighted by molar-refractivity contribution is -0.114. The van der Waals surface area contributed by atoms with Crippen molar-refractivity contribution in [2.75, 3.05) is 0 Å². The Labute approximate surface area is 82.0 Å². The van der Waals surface area contributed by atoms with Crippen molar-refractivity contribution in [3.63, 3.8) is 0 Å². The van der Waals surface area contributed by atoms with Crippen LogP contribution in [0.25, 0.3) is 0 Å². The normalized spacial score (nSPS) is 33.8. The van der Waals surface area contributed by atoms with E-state index in [1.54, 1.807) is 12.2 Å². The highest BCUT2D eigenvalue weighted by Gasteiger charge is 2.36. The molecule has 0 aromatic heterocycles. The molecule has 66 valence electrons. The third-order valence-electron chi connectivity index (χ3n) is 2.09. The smallest absolute Gasteiger partial charge is 0.230 e. The molecule has 12 heavy (non-hydrogen) atoms. The maximum absolute atomic E-state index is 11.0. The second kappa shape index (κ2) is 3.63. The van der Waals surface area contributed by atoms with Gasteiger partial charge in [-0.1, -0.05) is 31.2 Å². The number of rotatable bonds is 2. The Hall–Kier alpha value is -0.270. The molecule has 0 saturated carbocycles. The van der Waals surface area contributed by atoms with Crippen LogP contribution in [0.15, 0.2) is 24.3 Å². The minimum Gasteiger partial charge on any atom is -0.281 e. The van der Waals surface area contributed by atoms with Crippen LogP contribution in [0.3, 0.4) is 0 Å². The first-order valence-electron chi connectivity index (χ1n) is 3.84. The summed E-state index contributed by atoms with van der Waals surface area (Å²) in [5.41, 5.74) is 0. The summed E-state index contributed by atoms with van der Waals surface area (Å²) in [6.07, 6.45) is 7.89. The average molecular weight is 205 g/mol. The predicted molar refractivity (Wildman–Crippen MR) is 51.5 cm³/mol. The minimum absolute atomic E-state index is 0.393.